The minimum absolute atomic E-state index is 0.128. The summed E-state index contributed by atoms with van der Waals surface area (Å²) < 4.78 is 2.63. The Morgan fingerprint density at radius 3 is 1.67 bits per heavy atom. The van der Waals surface area contributed by atoms with Gasteiger partial charge in [-0.15, -0.1) is 0 Å². The van der Waals surface area contributed by atoms with Crippen LogP contribution < -0.4 is 0 Å². The third kappa shape index (κ3) is 8.28. The van der Waals surface area contributed by atoms with E-state index in [2.05, 4.69) is 27.0 Å². The molecule has 9 heavy (non-hydrogen) atoms. The molecule has 0 aliphatic rings. The van der Waals surface area contributed by atoms with Gasteiger partial charge in [0.25, 0.3) is 0 Å². The summed E-state index contributed by atoms with van der Waals surface area (Å²) in [6.45, 7) is 12.0. The number of hydrogen-bond acceptors (Lipinski definition) is 0. The average Bonchev–Trinajstić information content (AvgIpc) is 1.63. The molecule has 0 rings (SSSR count). The van der Waals surface area contributed by atoms with Crippen molar-refractivity contribution < 1.29 is 0 Å². The van der Waals surface area contributed by atoms with E-state index in [9.17, 15) is 0 Å². The first-order chi connectivity index (χ1) is 4.13. The average molecular weight is 229 g/mol. The van der Waals surface area contributed by atoms with Gasteiger partial charge < -0.3 is 0 Å². The molecule has 0 nitrogen and oxygen atoms in total. The Labute approximate surface area is 68.3 Å². The first kappa shape index (κ1) is 9.28. The van der Waals surface area contributed by atoms with Gasteiger partial charge in [0.2, 0.25) is 0 Å². The van der Waals surface area contributed by atoms with E-state index in [1.54, 1.807) is 0 Å². The molecule has 0 spiro atoms. The van der Waals surface area contributed by atoms with E-state index in [0.717, 1.165) is 0 Å². The van der Waals surface area contributed by atoms with E-state index >= 15 is 0 Å². The molecule has 0 aromatic rings. The Morgan fingerprint density at radius 2 is 1.44 bits per heavy atom. The molecule has 0 aliphatic heterocycles. The Hall–Kier alpha value is 0.279. The molecule has 0 bridgehead atoms. The Morgan fingerprint density at radius 1 is 1.11 bits per heavy atom. The second-order valence-corrected chi connectivity index (χ2v) is 5.96. The van der Waals surface area contributed by atoms with Gasteiger partial charge in [0.15, 0.2) is 0 Å². The van der Waals surface area contributed by atoms with Crippen LogP contribution in [0, 0.1) is 0 Å². The normalized spacial score (nSPS) is 9.11. The van der Waals surface area contributed by atoms with Crippen LogP contribution in [0.5, 0.6) is 0 Å². The SMILES string of the molecule is C=C(C)[CH2][Sn][CH2]C(=C)C. The Balaban J connectivity index is 3.10. The van der Waals surface area contributed by atoms with Gasteiger partial charge >= 0.3 is 68.2 Å². The minimum atomic E-state index is -0.128. The van der Waals surface area contributed by atoms with Gasteiger partial charge in [-0.3, -0.25) is 0 Å². The van der Waals surface area contributed by atoms with Crippen LogP contribution in [0.4, 0.5) is 0 Å². The van der Waals surface area contributed by atoms with E-state index in [4.69, 9.17) is 0 Å². The summed E-state index contributed by atoms with van der Waals surface area (Å²) in [7, 11) is 0. The third-order valence-corrected chi connectivity index (χ3v) is 5.73. The van der Waals surface area contributed by atoms with E-state index < -0.39 is 0 Å². The van der Waals surface area contributed by atoms with Crippen LogP contribution in [0.3, 0.4) is 0 Å². The Bertz CT molecular complexity index is 99.7. The van der Waals surface area contributed by atoms with Crippen LogP contribution in [0.2, 0.25) is 8.87 Å². The molecule has 0 aromatic heterocycles. The summed E-state index contributed by atoms with van der Waals surface area (Å²) in [5, 5.41) is 0. The topological polar surface area (TPSA) is 0 Å². The molecular formula is C8H14Sn. The molecule has 0 fully saturated rings. The Kier molecular flexibility index (Phi) is 5.25. The van der Waals surface area contributed by atoms with Gasteiger partial charge in [0, 0.05) is 0 Å². The van der Waals surface area contributed by atoms with Crippen LogP contribution >= 0.6 is 0 Å². The van der Waals surface area contributed by atoms with Crippen LogP contribution in [0.15, 0.2) is 24.3 Å². The third-order valence-electron chi connectivity index (χ3n) is 0.854. The zero-order valence-electron chi connectivity index (χ0n) is 6.33. The molecule has 0 atom stereocenters. The van der Waals surface area contributed by atoms with Gasteiger partial charge in [-0.05, 0) is 0 Å². The molecule has 0 saturated heterocycles. The summed E-state index contributed by atoms with van der Waals surface area (Å²) in [6.07, 6.45) is 0. The molecule has 0 amide bonds. The van der Waals surface area contributed by atoms with Gasteiger partial charge in [0.1, 0.15) is 0 Å². The molecule has 2 radical (unpaired) electrons. The van der Waals surface area contributed by atoms with Crippen molar-refractivity contribution in [2.45, 2.75) is 22.7 Å². The van der Waals surface area contributed by atoms with Crippen molar-refractivity contribution in [2.75, 3.05) is 0 Å². The molecule has 0 aromatic carbocycles. The monoisotopic (exact) mass is 230 g/mol. The molecule has 0 N–H and O–H groups in total. The van der Waals surface area contributed by atoms with Crippen molar-refractivity contribution in [3.05, 3.63) is 24.3 Å². The first-order valence-electron chi connectivity index (χ1n) is 3.12. The summed E-state index contributed by atoms with van der Waals surface area (Å²) in [4.78, 5) is 0. The second-order valence-electron chi connectivity index (χ2n) is 2.52. The fraction of sp³-hybridized carbons (Fsp3) is 0.500. The van der Waals surface area contributed by atoms with Crippen LogP contribution in [-0.4, -0.2) is 21.1 Å². The quantitative estimate of drug-likeness (QED) is 0.513. The van der Waals surface area contributed by atoms with Crippen molar-refractivity contribution in [3.8, 4) is 0 Å². The number of rotatable bonds is 4. The van der Waals surface area contributed by atoms with Crippen LogP contribution in [0.1, 0.15) is 13.8 Å². The summed E-state index contributed by atoms with van der Waals surface area (Å²) in [5.41, 5.74) is 2.70. The number of allylic oxidation sites excluding steroid dienone is 2. The molecule has 0 heterocycles. The van der Waals surface area contributed by atoms with Crippen LogP contribution in [0.25, 0.3) is 0 Å². The van der Waals surface area contributed by atoms with Gasteiger partial charge in [-0.25, -0.2) is 0 Å². The molecule has 1 heteroatoms. The van der Waals surface area contributed by atoms with E-state index in [-0.39, 0.29) is 21.1 Å². The van der Waals surface area contributed by atoms with Crippen molar-refractivity contribution in [1.82, 2.24) is 0 Å². The molecule has 50 valence electrons. The second kappa shape index (κ2) is 5.09. The standard InChI is InChI=1S/2C4H7.Sn/c2*1-4(2)3;/h2*1-2H2,3H3;. The molecule has 0 unspecified atom stereocenters. The number of hydrogen-bond donors (Lipinski definition) is 0. The van der Waals surface area contributed by atoms with Crippen molar-refractivity contribution in [2.24, 2.45) is 0 Å². The van der Waals surface area contributed by atoms with Crippen molar-refractivity contribution >= 4 is 21.1 Å². The predicted octanol–water partition coefficient (Wildman–Crippen LogP) is 2.68. The fourth-order valence-corrected chi connectivity index (χ4v) is 3.28. The zero-order chi connectivity index (χ0) is 7.28. The maximum absolute atomic E-state index is 3.86. The van der Waals surface area contributed by atoms with Gasteiger partial charge in [-0.1, -0.05) is 0 Å². The van der Waals surface area contributed by atoms with Crippen molar-refractivity contribution in [1.29, 1.82) is 0 Å². The van der Waals surface area contributed by atoms with E-state index in [0.29, 0.717) is 0 Å². The summed E-state index contributed by atoms with van der Waals surface area (Å²) in [6, 6.07) is 0. The summed E-state index contributed by atoms with van der Waals surface area (Å²) >= 11 is -0.128. The van der Waals surface area contributed by atoms with Gasteiger partial charge in [-0.2, -0.15) is 0 Å². The van der Waals surface area contributed by atoms with Crippen LogP contribution in [-0.2, 0) is 0 Å². The van der Waals surface area contributed by atoms with Crippen molar-refractivity contribution in [3.63, 3.8) is 0 Å². The molecule has 0 aliphatic carbocycles. The molecular weight excluding hydrogens is 215 g/mol. The first-order valence-corrected chi connectivity index (χ1v) is 7.16. The fourth-order valence-electron chi connectivity index (χ4n) is 0.489. The van der Waals surface area contributed by atoms with E-state index in [1.165, 1.54) is 20.0 Å². The zero-order valence-corrected chi connectivity index (χ0v) is 9.18. The summed E-state index contributed by atoms with van der Waals surface area (Å²) in [5.74, 6) is 0. The molecule has 0 saturated carbocycles. The van der Waals surface area contributed by atoms with Gasteiger partial charge in [0.05, 0.1) is 0 Å². The predicted molar refractivity (Wildman–Crippen MR) is 45.0 cm³/mol. The van der Waals surface area contributed by atoms with E-state index in [1.807, 2.05) is 0 Å². The maximum atomic E-state index is 3.86.